The minimum atomic E-state index is -0.529. The van der Waals surface area contributed by atoms with Crippen molar-refractivity contribution in [3.63, 3.8) is 0 Å². The van der Waals surface area contributed by atoms with E-state index in [0.29, 0.717) is 27.2 Å². The van der Waals surface area contributed by atoms with Crippen molar-refractivity contribution < 1.29 is 14.3 Å². The highest BCUT2D eigenvalue weighted by Gasteiger charge is 2.23. The number of aromatic nitrogens is 1. The summed E-state index contributed by atoms with van der Waals surface area (Å²) in [6, 6.07) is 16.6. The zero-order chi connectivity index (χ0) is 21.8. The maximum atomic E-state index is 13.0. The molecule has 4 rings (SSSR count). The monoisotopic (exact) mass is 436 g/mol. The molecule has 1 aliphatic carbocycles. The summed E-state index contributed by atoms with van der Waals surface area (Å²) in [5.74, 6) is -0.698. The number of rotatable bonds is 5. The van der Waals surface area contributed by atoms with Crippen LogP contribution in [0.3, 0.4) is 0 Å². The summed E-state index contributed by atoms with van der Waals surface area (Å²) in [4.78, 5) is 32.0. The number of carbonyl (C=O) groups is 2. The summed E-state index contributed by atoms with van der Waals surface area (Å²) in [6.45, 7) is -0.265. The van der Waals surface area contributed by atoms with Gasteiger partial charge in [0.05, 0.1) is 16.8 Å². The van der Waals surface area contributed by atoms with E-state index in [9.17, 15) is 9.59 Å². The molecule has 1 aliphatic rings. The Morgan fingerprint density at radius 1 is 1.06 bits per heavy atom. The number of pyridine rings is 1. The van der Waals surface area contributed by atoms with Gasteiger partial charge in [-0.1, -0.05) is 61.2 Å². The van der Waals surface area contributed by atoms with Gasteiger partial charge in [-0.05, 0) is 37.1 Å². The molecule has 1 fully saturated rings. The minimum absolute atomic E-state index is 0.170. The predicted octanol–water partition coefficient (Wildman–Crippen LogP) is 5.50. The first-order valence-corrected chi connectivity index (χ1v) is 11.0. The number of likely N-dealkylation sites (N-methyl/N-ethyl adjacent to an activating group) is 1. The van der Waals surface area contributed by atoms with E-state index in [4.69, 9.17) is 16.3 Å². The molecule has 1 heterocycles. The van der Waals surface area contributed by atoms with E-state index in [1.807, 2.05) is 36.4 Å². The van der Waals surface area contributed by atoms with Crippen molar-refractivity contribution in [3.8, 4) is 11.3 Å². The van der Waals surface area contributed by atoms with Crippen LogP contribution in [0, 0.1) is 0 Å². The number of amides is 1. The van der Waals surface area contributed by atoms with E-state index in [0.717, 1.165) is 31.2 Å². The standard InChI is InChI=1S/C25H25ClN2O3/c1-28(19-7-3-2-4-8-19)24(29)16-31-25(30)21-15-23(17-11-13-18(26)14-12-17)27-22-10-6-5-9-20(21)22/h5-6,9-15,19H,2-4,7-8,16H2,1H3. The minimum Gasteiger partial charge on any atom is -0.452 e. The Balaban J connectivity index is 1.55. The number of esters is 1. The van der Waals surface area contributed by atoms with Crippen LogP contribution in [-0.2, 0) is 9.53 Å². The Morgan fingerprint density at radius 3 is 2.52 bits per heavy atom. The molecule has 6 heteroatoms. The largest absolute Gasteiger partial charge is 0.452 e. The van der Waals surface area contributed by atoms with E-state index in [-0.39, 0.29) is 18.6 Å². The number of hydrogen-bond acceptors (Lipinski definition) is 4. The first-order valence-electron chi connectivity index (χ1n) is 10.6. The molecule has 1 saturated carbocycles. The van der Waals surface area contributed by atoms with Crippen molar-refractivity contribution >= 4 is 34.4 Å². The summed E-state index contributed by atoms with van der Waals surface area (Å²) in [7, 11) is 1.80. The maximum Gasteiger partial charge on any atom is 0.339 e. The summed E-state index contributed by atoms with van der Waals surface area (Å²) < 4.78 is 5.44. The molecule has 0 unspecified atom stereocenters. The molecule has 0 atom stereocenters. The quantitative estimate of drug-likeness (QED) is 0.495. The second-order valence-electron chi connectivity index (χ2n) is 7.95. The average Bonchev–Trinajstić information content (AvgIpc) is 2.82. The summed E-state index contributed by atoms with van der Waals surface area (Å²) in [5.41, 5.74) is 2.57. The summed E-state index contributed by atoms with van der Waals surface area (Å²) >= 11 is 6.00. The molecule has 0 bridgehead atoms. The normalized spacial score (nSPS) is 14.4. The molecule has 0 aliphatic heterocycles. The molecule has 5 nitrogen and oxygen atoms in total. The van der Waals surface area contributed by atoms with Crippen LogP contribution in [0.25, 0.3) is 22.2 Å². The molecule has 2 aromatic carbocycles. The van der Waals surface area contributed by atoms with Crippen LogP contribution in [-0.4, -0.2) is 41.5 Å². The Hall–Kier alpha value is -2.92. The van der Waals surface area contributed by atoms with Gasteiger partial charge in [0.1, 0.15) is 0 Å². The lowest BCUT2D eigenvalue weighted by atomic mass is 9.94. The van der Waals surface area contributed by atoms with Gasteiger partial charge in [0.2, 0.25) is 0 Å². The van der Waals surface area contributed by atoms with E-state index in [2.05, 4.69) is 4.98 Å². The number of ether oxygens (including phenoxy) is 1. The fourth-order valence-electron chi connectivity index (χ4n) is 4.09. The predicted molar refractivity (Wildman–Crippen MR) is 122 cm³/mol. The molecule has 3 aromatic rings. The van der Waals surface area contributed by atoms with Gasteiger partial charge < -0.3 is 9.64 Å². The molecule has 160 valence electrons. The van der Waals surface area contributed by atoms with Crippen LogP contribution in [0.2, 0.25) is 5.02 Å². The fourth-order valence-corrected chi connectivity index (χ4v) is 4.22. The second kappa shape index (κ2) is 9.48. The van der Waals surface area contributed by atoms with E-state index in [1.165, 1.54) is 6.42 Å². The zero-order valence-corrected chi connectivity index (χ0v) is 18.3. The Morgan fingerprint density at radius 2 is 1.77 bits per heavy atom. The number of fused-ring (bicyclic) bond motifs is 1. The SMILES string of the molecule is CN(C(=O)COC(=O)c1cc(-c2ccc(Cl)cc2)nc2ccccc12)C1CCCCC1. The van der Waals surface area contributed by atoms with Gasteiger partial charge in [0.15, 0.2) is 6.61 Å². The molecular formula is C25H25ClN2O3. The van der Waals surface area contributed by atoms with Crippen LogP contribution >= 0.6 is 11.6 Å². The molecule has 0 radical (unpaired) electrons. The molecule has 0 spiro atoms. The first-order chi connectivity index (χ1) is 15.0. The first kappa shape index (κ1) is 21.3. The fraction of sp³-hybridized carbons (Fsp3) is 0.320. The molecule has 1 aromatic heterocycles. The van der Waals surface area contributed by atoms with Crippen molar-refractivity contribution in [1.29, 1.82) is 0 Å². The van der Waals surface area contributed by atoms with Gasteiger partial charge >= 0.3 is 5.97 Å². The highest BCUT2D eigenvalue weighted by atomic mass is 35.5. The van der Waals surface area contributed by atoms with Crippen LogP contribution in [0.15, 0.2) is 54.6 Å². The van der Waals surface area contributed by atoms with Gasteiger partial charge in [-0.15, -0.1) is 0 Å². The molecule has 0 N–H and O–H groups in total. The highest BCUT2D eigenvalue weighted by molar-refractivity contribution is 6.30. The van der Waals surface area contributed by atoms with Crippen molar-refractivity contribution in [3.05, 3.63) is 65.2 Å². The second-order valence-corrected chi connectivity index (χ2v) is 8.39. The smallest absolute Gasteiger partial charge is 0.339 e. The van der Waals surface area contributed by atoms with Crippen molar-refractivity contribution in [2.45, 2.75) is 38.1 Å². The summed E-state index contributed by atoms with van der Waals surface area (Å²) in [5, 5.41) is 1.32. The van der Waals surface area contributed by atoms with E-state index in [1.54, 1.807) is 30.1 Å². The van der Waals surface area contributed by atoms with Crippen LogP contribution in [0.1, 0.15) is 42.5 Å². The van der Waals surface area contributed by atoms with Crippen molar-refractivity contribution in [2.24, 2.45) is 0 Å². The number of nitrogens with zero attached hydrogens (tertiary/aromatic N) is 2. The average molecular weight is 437 g/mol. The number of benzene rings is 2. The van der Waals surface area contributed by atoms with Crippen molar-refractivity contribution in [2.75, 3.05) is 13.7 Å². The van der Waals surface area contributed by atoms with Crippen LogP contribution in [0.4, 0.5) is 0 Å². The molecule has 0 saturated heterocycles. The number of para-hydroxylation sites is 1. The van der Waals surface area contributed by atoms with Gasteiger partial charge in [-0.2, -0.15) is 0 Å². The number of hydrogen-bond donors (Lipinski definition) is 0. The number of halogens is 1. The van der Waals surface area contributed by atoms with E-state index >= 15 is 0 Å². The Labute approximate surface area is 187 Å². The van der Waals surface area contributed by atoms with Gasteiger partial charge in [0.25, 0.3) is 5.91 Å². The lowest BCUT2D eigenvalue weighted by Crippen LogP contribution is -2.40. The van der Waals surface area contributed by atoms with Crippen LogP contribution in [0.5, 0.6) is 0 Å². The van der Waals surface area contributed by atoms with Crippen LogP contribution < -0.4 is 0 Å². The van der Waals surface area contributed by atoms with Crippen molar-refractivity contribution in [1.82, 2.24) is 9.88 Å². The Bertz CT molecular complexity index is 1090. The number of carbonyl (C=O) groups excluding carboxylic acids is 2. The topological polar surface area (TPSA) is 59.5 Å². The third-order valence-electron chi connectivity index (χ3n) is 5.92. The highest BCUT2D eigenvalue weighted by Crippen LogP contribution is 2.27. The maximum absolute atomic E-state index is 13.0. The third-order valence-corrected chi connectivity index (χ3v) is 6.17. The lowest BCUT2D eigenvalue weighted by molar-refractivity contribution is -0.135. The lowest BCUT2D eigenvalue weighted by Gasteiger charge is -2.31. The Kier molecular flexibility index (Phi) is 6.52. The van der Waals surface area contributed by atoms with Gasteiger partial charge in [-0.25, -0.2) is 9.78 Å². The third kappa shape index (κ3) is 4.88. The molecule has 1 amide bonds. The molecule has 31 heavy (non-hydrogen) atoms. The van der Waals surface area contributed by atoms with Gasteiger partial charge in [0, 0.05) is 29.1 Å². The van der Waals surface area contributed by atoms with Gasteiger partial charge in [-0.3, -0.25) is 4.79 Å². The zero-order valence-electron chi connectivity index (χ0n) is 17.5. The molecular weight excluding hydrogens is 412 g/mol. The van der Waals surface area contributed by atoms with E-state index < -0.39 is 5.97 Å². The summed E-state index contributed by atoms with van der Waals surface area (Å²) in [6.07, 6.45) is 5.51.